The lowest BCUT2D eigenvalue weighted by molar-refractivity contribution is 0.195. The molecule has 94 valence electrons. The summed E-state index contributed by atoms with van der Waals surface area (Å²) in [5, 5.41) is 7.04. The third-order valence-corrected chi connectivity index (χ3v) is 3.44. The Balaban J connectivity index is 0.00000108. The van der Waals surface area contributed by atoms with Crippen LogP contribution in [0.4, 0.5) is 5.69 Å². The molecule has 2 heterocycles. The summed E-state index contributed by atoms with van der Waals surface area (Å²) in [4.78, 5) is 0. The Hall–Kier alpha value is -0.770. The van der Waals surface area contributed by atoms with E-state index in [1.807, 2.05) is 0 Å². The van der Waals surface area contributed by atoms with Crippen molar-refractivity contribution in [3.05, 3.63) is 29.3 Å². The Morgan fingerprint density at radius 2 is 2.29 bits per heavy atom. The fourth-order valence-corrected chi connectivity index (χ4v) is 2.52. The topological polar surface area (TPSA) is 33.3 Å². The fraction of sp³-hybridized carbons (Fsp3) is 0.538. The molecule has 0 radical (unpaired) electrons. The Morgan fingerprint density at radius 3 is 3.12 bits per heavy atom. The van der Waals surface area contributed by atoms with Crippen LogP contribution in [0.5, 0.6) is 0 Å². The summed E-state index contributed by atoms with van der Waals surface area (Å²) >= 11 is 0. The minimum Gasteiger partial charge on any atom is -0.380 e. The molecule has 1 atom stereocenters. The molecule has 3 nitrogen and oxygen atoms in total. The van der Waals surface area contributed by atoms with Gasteiger partial charge >= 0.3 is 0 Å². The summed E-state index contributed by atoms with van der Waals surface area (Å²) < 4.78 is 5.40. The smallest absolute Gasteiger partial charge is 0.0668 e. The maximum atomic E-state index is 5.40. The highest BCUT2D eigenvalue weighted by atomic mass is 35.5. The zero-order chi connectivity index (χ0) is 10.8. The van der Waals surface area contributed by atoms with Crippen LogP contribution in [0.2, 0.25) is 0 Å². The molecule has 0 amide bonds. The third kappa shape index (κ3) is 2.73. The molecule has 3 rings (SSSR count). The summed E-state index contributed by atoms with van der Waals surface area (Å²) in [5.41, 5.74) is 4.23. The van der Waals surface area contributed by atoms with Gasteiger partial charge in [-0.25, -0.2) is 0 Å². The number of ether oxygens (including phenoxy) is 1. The van der Waals surface area contributed by atoms with Crippen molar-refractivity contribution >= 4 is 18.1 Å². The van der Waals surface area contributed by atoms with Gasteiger partial charge in [0.1, 0.15) is 0 Å². The molecule has 2 aliphatic rings. The van der Waals surface area contributed by atoms with Crippen LogP contribution in [0.25, 0.3) is 0 Å². The molecule has 0 spiro atoms. The van der Waals surface area contributed by atoms with Crippen LogP contribution in [0.3, 0.4) is 0 Å². The lowest BCUT2D eigenvalue weighted by Crippen LogP contribution is -2.26. The number of fused-ring (bicyclic) bond motifs is 1. The highest BCUT2D eigenvalue weighted by Gasteiger charge is 2.18. The molecule has 0 aliphatic carbocycles. The number of hydrogen-bond donors (Lipinski definition) is 2. The number of anilines is 1. The molecule has 0 saturated carbocycles. The molecule has 2 N–H and O–H groups in total. The number of rotatable bonds is 2. The van der Waals surface area contributed by atoms with E-state index < -0.39 is 0 Å². The largest absolute Gasteiger partial charge is 0.380 e. The Bertz CT molecular complexity index is 378. The summed E-state index contributed by atoms with van der Waals surface area (Å²) in [7, 11) is 0. The molecule has 0 bridgehead atoms. The SMILES string of the molecule is Cl.c1cc2c(c(N[C@H]3CCOC3)c1)CNCC2. The van der Waals surface area contributed by atoms with Crippen LogP contribution in [-0.2, 0) is 17.7 Å². The molecular weight excluding hydrogens is 236 g/mol. The Morgan fingerprint density at radius 1 is 1.35 bits per heavy atom. The number of nitrogens with one attached hydrogen (secondary N) is 2. The van der Waals surface area contributed by atoms with Gasteiger partial charge in [0, 0.05) is 18.8 Å². The van der Waals surface area contributed by atoms with Crippen molar-refractivity contribution in [3.8, 4) is 0 Å². The molecule has 1 fully saturated rings. The number of benzene rings is 1. The van der Waals surface area contributed by atoms with Gasteiger partial charge in [-0.2, -0.15) is 0 Å². The van der Waals surface area contributed by atoms with E-state index in [0.29, 0.717) is 6.04 Å². The second-order valence-corrected chi connectivity index (χ2v) is 4.57. The van der Waals surface area contributed by atoms with Crippen LogP contribution in [0.15, 0.2) is 18.2 Å². The third-order valence-electron chi connectivity index (χ3n) is 3.44. The van der Waals surface area contributed by atoms with E-state index >= 15 is 0 Å². The predicted octanol–water partition coefficient (Wildman–Crippen LogP) is 1.95. The average molecular weight is 255 g/mol. The molecular formula is C13H19ClN2O. The van der Waals surface area contributed by atoms with E-state index in [9.17, 15) is 0 Å². The summed E-state index contributed by atoms with van der Waals surface area (Å²) in [6, 6.07) is 7.08. The van der Waals surface area contributed by atoms with E-state index in [-0.39, 0.29) is 12.4 Å². The first-order valence-corrected chi connectivity index (χ1v) is 6.09. The summed E-state index contributed by atoms with van der Waals surface area (Å²) in [6.45, 7) is 3.83. The van der Waals surface area contributed by atoms with Gasteiger partial charge < -0.3 is 15.4 Å². The highest BCUT2D eigenvalue weighted by molar-refractivity contribution is 5.85. The van der Waals surface area contributed by atoms with Gasteiger partial charge in [0.15, 0.2) is 0 Å². The monoisotopic (exact) mass is 254 g/mol. The van der Waals surface area contributed by atoms with Crippen molar-refractivity contribution in [2.24, 2.45) is 0 Å². The van der Waals surface area contributed by atoms with Gasteiger partial charge in [-0.1, -0.05) is 12.1 Å². The summed E-state index contributed by atoms with van der Waals surface area (Å²) in [6.07, 6.45) is 2.27. The maximum absolute atomic E-state index is 5.40. The molecule has 0 unspecified atom stereocenters. The van der Waals surface area contributed by atoms with Crippen molar-refractivity contribution in [2.45, 2.75) is 25.4 Å². The maximum Gasteiger partial charge on any atom is 0.0668 e. The zero-order valence-electron chi connectivity index (χ0n) is 9.87. The van der Waals surface area contributed by atoms with Gasteiger partial charge in [-0.05, 0) is 36.6 Å². The van der Waals surface area contributed by atoms with Gasteiger partial charge in [-0.15, -0.1) is 12.4 Å². The van der Waals surface area contributed by atoms with Crippen LogP contribution in [0.1, 0.15) is 17.5 Å². The minimum absolute atomic E-state index is 0. The average Bonchev–Trinajstić information content (AvgIpc) is 2.82. The van der Waals surface area contributed by atoms with Crippen molar-refractivity contribution in [1.29, 1.82) is 0 Å². The van der Waals surface area contributed by atoms with E-state index in [1.54, 1.807) is 0 Å². The predicted molar refractivity (Wildman–Crippen MR) is 71.9 cm³/mol. The normalized spacial score (nSPS) is 22.7. The van der Waals surface area contributed by atoms with E-state index in [1.165, 1.54) is 16.8 Å². The van der Waals surface area contributed by atoms with Crippen LogP contribution in [-0.4, -0.2) is 25.8 Å². The van der Waals surface area contributed by atoms with Gasteiger partial charge in [0.05, 0.1) is 12.6 Å². The minimum atomic E-state index is 0. The Kier molecular flexibility index (Phi) is 4.26. The number of hydrogen-bond acceptors (Lipinski definition) is 3. The van der Waals surface area contributed by atoms with Crippen LogP contribution < -0.4 is 10.6 Å². The first-order valence-electron chi connectivity index (χ1n) is 6.09. The summed E-state index contributed by atoms with van der Waals surface area (Å²) in [5.74, 6) is 0. The van der Waals surface area contributed by atoms with Gasteiger partial charge in [-0.3, -0.25) is 0 Å². The first-order chi connectivity index (χ1) is 7.93. The number of halogens is 1. The van der Waals surface area contributed by atoms with Crippen molar-refractivity contribution < 1.29 is 4.74 Å². The van der Waals surface area contributed by atoms with Crippen molar-refractivity contribution in [2.75, 3.05) is 25.1 Å². The molecule has 17 heavy (non-hydrogen) atoms. The van der Waals surface area contributed by atoms with Crippen molar-refractivity contribution in [3.63, 3.8) is 0 Å². The fourth-order valence-electron chi connectivity index (χ4n) is 2.52. The van der Waals surface area contributed by atoms with Gasteiger partial charge in [0.2, 0.25) is 0 Å². The molecule has 1 saturated heterocycles. The molecule has 1 aromatic carbocycles. The van der Waals surface area contributed by atoms with Crippen LogP contribution >= 0.6 is 12.4 Å². The lowest BCUT2D eigenvalue weighted by atomic mass is 9.99. The molecule has 2 aliphatic heterocycles. The van der Waals surface area contributed by atoms with Gasteiger partial charge in [0.25, 0.3) is 0 Å². The highest BCUT2D eigenvalue weighted by Crippen LogP contribution is 2.24. The quantitative estimate of drug-likeness (QED) is 0.847. The van der Waals surface area contributed by atoms with Crippen LogP contribution in [0, 0.1) is 0 Å². The lowest BCUT2D eigenvalue weighted by Gasteiger charge is -2.22. The first kappa shape index (κ1) is 12.7. The van der Waals surface area contributed by atoms with Crippen molar-refractivity contribution in [1.82, 2.24) is 5.32 Å². The second kappa shape index (κ2) is 5.71. The Labute approximate surface area is 108 Å². The standard InChI is InChI=1S/C13H18N2O.ClH/c1-2-10-4-6-14-8-12(10)13(3-1)15-11-5-7-16-9-11;/h1-3,11,14-15H,4-9H2;1H/t11-;/m0./s1. The molecule has 1 aromatic rings. The zero-order valence-corrected chi connectivity index (χ0v) is 10.7. The van der Waals surface area contributed by atoms with E-state index in [2.05, 4.69) is 28.8 Å². The second-order valence-electron chi connectivity index (χ2n) is 4.57. The van der Waals surface area contributed by atoms with E-state index in [0.717, 1.165) is 39.1 Å². The molecule has 4 heteroatoms. The van der Waals surface area contributed by atoms with E-state index in [4.69, 9.17) is 4.74 Å². The molecule has 0 aromatic heterocycles.